The van der Waals surface area contributed by atoms with Crippen LogP contribution in [0.5, 0.6) is 5.75 Å². The van der Waals surface area contributed by atoms with E-state index in [-0.39, 0.29) is 17.6 Å². The Hall–Kier alpha value is -1.28. The Balaban J connectivity index is 1.78. The lowest BCUT2D eigenvalue weighted by Gasteiger charge is -2.32. The molecule has 7 heteroatoms. The SMILES string of the molecule is C=CC(=O)NCC1CCN(C(=O)CCc2cc(I)c(Cl)cc2O)CC1. The van der Waals surface area contributed by atoms with Crippen molar-refractivity contribution in [1.29, 1.82) is 0 Å². The Bertz CT molecular complexity index is 658. The van der Waals surface area contributed by atoms with Crippen LogP contribution in [0.1, 0.15) is 24.8 Å². The highest BCUT2D eigenvalue weighted by atomic mass is 127. The number of benzene rings is 1. The highest BCUT2D eigenvalue weighted by molar-refractivity contribution is 14.1. The number of carbonyl (C=O) groups excluding carboxylic acids is 2. The van der Waals surface area contributed by atoms with E-state index in [1.807, 2.05) is 11.0 Å². The fraction of sp³-hybridized carbons (Fsp3) is 0.444. The number of nitrogens with zero attached hydrogens (tertiary/aromatic N) is 1. The summed E-state index contributed by atoms with van der Waals surface area (Å²) >= 11 is 8.07. The predicted octanol–water partition coefficient (Wildman–Crippen LogP) is 3.12. The van der Waals surface area contributed by atoms with Gasteiger partial charge in [-0.2, -0.15) is 0 Å². The molecule has 0 radical (unpaired) electrons. The standard InChI is InChI=1S/C18H22ClIN2O3/c1-2-17(24)21-11-12-5-7-22(8-6-12)18(25)4-3-13-9-15(20)14(19)10-16(13)23/h2,9-10,12,23H,1,3-8,11H2,(H,21,24). The predicted molar refractivity (Wildman–Crippen MR) is 107 cm³/mol. The van der Waals surface area contributed by atoms with Crippen molar-refractivity contribution in [2.45, 2.75) is 25.7 Å². The molecule has 2 amide bonds. The molecule has 136 valence electrons. The molecule has 1 fully saturated rings. The average molecular weight is 477 g/mol. The van der Waals surface area contributed by atoms with Crippen LogP contribution >= 0.6 is 34.2 Å². The van der Waals surface area contributed by atoms with E-state index in [0.717, 1.165) is 22.0 Å². The van der Waals surface area contributed by atoms with Crippen LogP contribution in [-0.4, -0.2) is 41.5 Å². The molecular formula is C18H22ClIN2O3. The summed E-state index contributed by atoms with van der Waals surface area (Å²) in [5, 5.41) is 13.3. The number of carbonyl (C=O) groups is 2. The lowest BCUT2D eigenvalue weighted by Crippen LogP contribution is -2.41. The molecule has 1 aromatic carbocycles. The van der Waals surface area contributed by atoms with Crippen LogP contribution in [0, 0.1) is 9.49 Å². The summed E-state index contributed by atoms with van der Waals surface area (Å²) in [6, 6.07) is 3.34. The van der Waals surface area contributed by atoms with Gasteiger partial charge in [-0.05, 0) is 71.5 Å². The zero-order valence-electron chi connectivity index (χ0n) is 13.9. The maximum Gasteiger partial charge on any atom is 0.243 e. The monoisotopic (exact) mass is 476 g/mol. The number of hydrogen-bond acceptors (Lipinski definition) is 3. The molecule has 0 spiro atoms. The maximum atomic E-state index is 12.4. The van der Waals surface area contributed by atoms with E-state index in [1.165, 1.54) is 12.1 Å². The molecule has 1 heterocycles. The normalized spacial score (nSPS) is 15.0. The van der Waals surface area contributed by atoms with Crippen molar-refractivity contribution in [3.05, 3.63) is 38.9 Å². The van der Waals surface area contributed by atoms with Crippen LogP contribution in [0.25, 0.3) is 0 Å². The highest BCUT2D eigenvalue weighted by Gasteiger charge is 2.23. The van der Waals surface area contributed by atoms with Gasteiger partial charge in [-0.25, -0.2) is 0 Å². The van der Waals surface area contributed by atoms with Gasteiger partial charge in [0.05, 0.1) is 5.02 Å². The number of amides is 2. The van der Waals surface area contributed by atoms with Crippen molar-refractivity contribution in [1.82, 2.24) is 10.2 Å². The maximum absolute atomic E-state index is 12.4. The average Bonchev–Trinajstić information content (AvgIpc) is 2.61. The van der Waals surface area contributed by atoms with Crippen molar-refractivity contribution >= 4 is 46.0 Å². The van der Waals surface area contributed by atoms with E-state index in [0.29, 0.717) is 43.4 Å². The number of phenols is 1. The number of halogens is 2. The summed E-state index contributed by atoms with van der Waals surface area (Å²) in [5.74, 6) is 0.471. The fourth-order valence-corrected chi connectivity index (χ4v) is 3.57. The van der Waals surface area contributed by atoms with Crippen molar-refractivity contribution in [3.8, 4) is 5.75 Å². The molecule has 5 nitrogen and oxygen atoms in total. The van der Waals surface area contributed by atoms with E-state index in [9.17, 15) is 14.7 Å². The van der Waals surface area contributed by atoms with Crippen LogP contribution in [0.15, 0.2) is 24.8 Å². The fourth-order valence-electron chi connectivity index (χ4n) is 2.88. The Morgan fingerprint density at radius 3 is 2.72 bits per heavy atom. The Morgan fingerprint density at radius 1 is 1.40 bits per heavy atom. The van der Waals surface area contributed by atoms with E-state index >= 15 is 0 Å². The number of nitrogens with one attached hydrogen (secondary N) is 1. The number of rotatable bonds is 6. The van der Waals surface area contributed by atoms with Gasteiger partial charge in [-0.1, -0.05) is 18.2 Å². The topological polar surface area (TPSA) is 69.6 Å². The lowest BCUT2D eigenvalue weighted by atomic mass is 9.96. The van der Waals surface area contributed by atoms with Gasteiger partial charge < -0.3 is 15.3 Å². The molecule has 2 rings (SSSR count). The lowest BCUT2D eigenvalue weighted by molar-refractivity contribution is -0.132. The molecule has 0 saturated carbocycles. The Morgan fingerprint density at radius 2 is 2.08 bits per heavy atom. The number of hydrogen-bond donors (Lipinski definition) is 2. The summed E-state index contributed by atoms with van der Waals surface area (Å²) in [6.45, 7) is 5.47. The smallest absolute Gasteiger partial charge is 0.243 e. The zero-order chi connectivity index (χ0) is 18.4. The minimum Gasteiger partial charge on any atom is -0.508 e. The first-order chi connectivity index (χ1) is 11.9. The molecule has 2 N–H and O–H groups in total. The first-order valence-corrected chi connectivity index (χ1v) is 9.71. The summed E-state index contributed by atoms with van der Waals surface area (Å²) in [7, 11) is 0. The third-order valence-corrected chi connectivity index (χ3v) is 5.97. The second-order valence-electron chi connectivity index (χ2n) is 6.17. The van der Waals surface area contributed by atoms with E-state index in [4.69, 9.17) is 11.6 Å². The van der Waals surface area contributed by atoms with Gasteiger partial charge in [-0.15, -0.1) is 0 Å². The molecular weight excluding hydrogens is 455 g/mol. The van der Waals surface area contributed by atoms with Crippen LogP contribution in [0.3, 0.4) is 0 Å². The van der Waals surface area contributed by atoms with Crippen LogP contribution in [-0.2, 0) is 16.0 Å². The molecule has 0 aliphatic carbocycles. The number of phenolic OH excluding ortho intramolecular Hbond substituents is 1. The van der Waals surface area contributed by atoms with Gasteiger partial charge in [-0.3, -0.25) is 9.59 Å². The number of likely N-dealkylation sites (tertiary alicyclic amines) is 1. The molecule has 0 unspecified atom stereocenters. The van der Waals surface area contributed by atoms with E-state index in [2.05, 4.69) is 34.5 Å². The van der Waals surface area contributed by atoms with Gasteiger partial charge in [0.1, 0.15) is 5.75 Å². The largest absolute Gasteiger partial charge is 0.508 e. The van der Waals surface area contributed by atoms with E-state index < -0.39 is 0 Å². The quantitative estimate of drug-likeness (QED) is 0.490. The first-order valence-electron chi connectivity index (χ1n) is 8.25. The number of aromatic hydroxyl groups is 1. The van der Waals surface area contributed by atoms with Gasteiger partial charge in [0, 0.05) is 29.6 Å². The summed E-state index contributed by atoms with van der Waals surface area (Å²) in [4.78, 5) is 25.4. The number of aryl methyl sites for hydroxylation is 1. The molecule has 1 saturated heterocycles. The highest BCUT2D eigenvalue weighted by Crippen LogP contribution is 2.28. The zero-order valence-corrected chi connectivity index (χ0v) is 16.8. The molecule has 1 aromatic rings. The van der Waals surface area contributed by atoms with Crippen molar-refractivity contribution in [2.75, 3.05) is 19.6 Å². The van der Waals surface area contributed by atoms with Crippen LogP contribution in [0.2, 0.25) is 5.02 Å². The van der Waals surface area contributed by atoms with Crippen LogP contribution < -0.4 is 5.32 Å². The summed E-state index contributed by atoms with van der Waals surface area (Å²) < 4.78 is 0.863. The van der Waals surface area contributed by atoms with Crippen molar-refractivity contribution < 1.29 is 14.7 Å². The molecule has 0 aromatic heterocycles. The molecule has 25 heavy (non-hydrogen) atoms. The van der Waals surface area contributed by atoms with Gasteiger partial charge in [0.15, 0.2) is 0 Å². The second kappa shape index (κ2) is 9.43. The Labute approximate surface area is 166 Å². The molecule has 1 aliphatic rings. The van der Waals surface area contributed by atoms with Gasteiger partial charge in [0.2, 0.25) is 11.8 Å². The number of piperidine rings is 1. The first kappa shape index (κ1) is 20.0. The second-order valence-corrected chi connectivity index (χ2v) is 7.74. The van der Waals surface area contributed by atoms with Crippen molar-refractivity contribution in [3.63, 3.8) is 0 Å². The summed E-state index contributed by atoms with van der Waals surface area (Å²) in [5.41, 5.74) is 0.740. The minimum atomic E-state index is -0.157. The van der Waals surface area contributed by atoms with E-state index in [1.54, 1.807) is 0 Å². The minimum absolute atomic E-state index is 0.0953. The van der Waals surface area contributed by atoms with Crippen LogP contribution in [0.4, 0.5) is 0 Å². The third kappa shape index (κ3) is 5.88. The summed E-state index contributed by atoms with van der Waals surface area (Å²) in [6.07, 6.45) is 3.89. The molecule has 0 atom stereocenters. The molecule has 1 aliphatic heterocycles. The molecule has 0 bridgehead atoms. The van der Waals surface area contributed by atoms with Crippen molar-refractivity contribution in [2.24, 2.45) is 5.92 Å². The van der Waals surface area contributed by atoms with Gasteiger partial charge >= 0.3 is 0 Å². The Kier molecular flexibility index (Phi) is 7.56. The third-order valence-electron chi connectivity index (χ3n) is 4.45. The van der Waals surface area contributed by atoms with Gasteiger partial charge in [0.25, 0.3) is 0 Å².